The molecule has 0 aliphatic heterocycles. The summed E-state index contributed by atoms with van der Waals surface area (Å²) < 4.78 is 1.82. The van der Waals surface area contributed by atoms with Gasteiger partial charge in [-0.15, -0.1) is 16.9 Å². The highest BCUT2D eigenvalue weighted by atomic mass is 32.2. The van der Waals surface area contributed by atoms with Crippen LogP contribution in [0, 0.1) is 0 Å². The molecule has 0 aliphatic rings. The van der Waals surface area contributed by atoms with Gasteiger partial charge in [0.15, 0.2) is 5.65 Å². The van der Waals surface area contributed by atoms with Gasteiger partial charge in [-0.3, -0.25) is 0 Å². The van der Waals surface area contributed by atoms with Crippen molar-refractivity contribution >= 4 is 23.2 Å². The molecule has 0 fully saturated rings. The predicted molar refractivity (Wildman–Crippen MR) is 85.8 cm³/mol. The predicted octanol–water partition coefficient (Wildman–Crippen LogP) is 2.52. The van der Waals surface area contributed by atoms with E-state index in [9.17, 15) is 0 Å². The molecular formula is C15H16N4OS. The number of thioether (sulfide) groups is 1. The van der Waals surface area contributed by atoms with Crippen LogP contribution < -0.4 is 5.32 Å². The van der Waals surface area contributed by atoms with Gasteiger partial charge in [-0.2, -0.15) is 0 Å². The number of nitrogens with one attached hydrogen (secondary N) is 1. The van der Waals surface area contributed by atoms with Crippen LogP contribution in [0.15, 0.2) is 47.5 Å². The summed E-state index contributed by atoms with van der Waals surface area (Å²) in [6.07, 6.45) is 3.89. The van der Waals surface area contributed by atoms with Crippen LogP contribution in [-0.2, 0) is 0 Å². The summed E-state index contributed by atoms with van der Waals surface area (Å²) in [7, 11) is 0. The van der Waals surface area contributed by atoms with Crippen molar-refractivity contribution in [2.24, 2.45) is 0 Å². The number of aromatic nitrogens is 3. The molecule has 6 heteroatoms. The molecule has 2 N–H and O–H groups in total. The van der Waals surface area contributed by atoms with Crippen LogP contribution >= 0.6 is 11.8 Å². The molecule has 0 radical (unpaired) electrons. The van der Waals surface area contributed by atoms with Crippen molar-refractivity contribution in [2.75, 3.05) is 24.7 Å². The lowest BCUT2D eigenvalue weighted by atomic mass is 10.2. The van der Waals surface area contributed by atoms with Crippen molar-refractivity contribution in [1.82, 2.24) is 14.6 Å². The van der Waals surface area contributed by atoms with Crippen LogP contribution in [0.5, 0.6) is 0 Å². The van der Waals surface area contributed by atoms with Gasteiger partial charge in [0, 0.05) is 17.0 Å². The quantitative estimate of drug-likeness (QED) is 0.709. The number of fused-ring (bicyclic) bond motifs is 1. The molecule has 0 saturated carbocycles. The Morgan fingerprint density at radius 2 is 2.19 bits per heavy atom. The molecule has 108 valence electrons. The number of hydrogen-bond donors (Lipinski definition) is 2. The summed E-state index contributed by atoms with van der Waals surface area (Å²) in [6.45, 7) is 0.552. The standard InChI is InChI=1S/C15H16N4OS/c1-21-12-4-2-3-11(9-12)13-10-17-15-6-5-14(16-7-8-20)18-19(13)15/h2-6,9-10,20H,7-8H2,1H3,(H,16,18). The van der Waals surface area contributed by atoms with E-state index in [1.54, 1.807) is 11.8 Å². The summed E-state index contributed by atoms with van der Waals surface area (Å²) >= 11 is 1.71. The van der Waals surface area contributed by atoms with Crippen LogP contribution in [-0.4, -0.2) is 39.1 Å². The zero-order valence-corrected chi connectivity index (χ0v) is 12.5. The van der Waals surface area contributed by atoms with E-state index in [0.717, 1.165) is 22.7 Å². The third-order valence-electron chi connectivity index (χ3n) is 3.15. The summed E-state index contributed by atoms with van der Waals surface area (Å²) in [6, 6.07) is 12.1. The lowest BCUT2D eigenvalue weighted by Crippen LogP contribution is -2.08. The van der Waals surface area contributed by atoms with Crippen molar-refractivity contribution < 1.29 is 5.11 Å². The first-order chi connectivity index (χ1) is 10.3. The second kappa shape index (κ2) is 6.15. The number of benzene rings is 1. The zero-order valence-electron chi connectivity index (χ0n) is 11.7. The minimum absolute atomic E-state index is 0.0757. The van der Waals surface area contributed by atoms with Crippen LogP contribution in [0.1, 0.15) is 0 Å². The fraction of sp³-hybridized carbons (Fsp3) is 0.200. The molecule has 0 amide bonds. The largest absolute Gasteiger partial charge is 0.395 e. The van der Waals surface area contributed by atoms with Gasteiger partial charge in [-0.05, 0) is 30.5 Å². The molecule has 0 saturated heterocycles. The van der Waals surface area contributed by atoms with Gasteiger partial charge < -0.3 is 10.4 Å². The fourth-order valence-corrected chi connectivity index (χ4v) is 2.59. The highest BCUT2D eigenvalue weighted by Crippen LogP contribution is 2.25. The third kappa shape index (κ3) is 2.86. The van der Waals surface area contributed by atoms with Gasteiger partial charge in [0.25, 0.3) is 0 Å². The minimum Gasteiger partial charge on any atom is -0.395 e. The maximum absolute atomic E-state index is 8.88. The monoisotopic (exact) mass is 300 g/mol. The summed E-state index contributed by atoms with van der Waals surface area (Å²) in [5, 5.41) is 16.5. The van der Waals surface area contributed by atoms with E-state index in [0.29, 0.717) is 6.54 Å². The van der Waals surface area contributed by atoms with Gasteiger partial charge >= 0.3 is 0 Å². The van der Waals surface area contributed by atoms with E-state index >= 15 is 0 Å². The van der Waals surface area contributed by atoms with E-state index in [1.165, 1.54) is 4.90 Å². The van der Waals surface area contributed by atoms with Gasteiger partial charge in [0.1, 0.15) is 5.82 Å². The Labute approximate surface area is 127 Å². The Kier molecular flexibility index (Phi) is 4.08. The first kappa shape index (κ1) is 13.9. The van der Waals surface area contributed by atoms with Crippen molar-refractivity contribution in [1.29, 1.82) is 0 Å². The first-order valence-electron chi connectivity index (χ1n) is 6.66. The average Bonchev–Trinajstić information content (AvgIpc) is 2.96. The number of aliphatic hydroxyl groups excluding tert-OH is 1. The van der Waals surface area contributed by atoms with E-state index in [1.807, 2.05) is 28.9 Å². The molecule has 0 aliphatic carbocycles. The summed E-state index contributed by atoms with van der Waals surface area (Å²) in [5.74, 6) is 0.719. The van der Waals surface area contributed by atoms with E-state index < -0.39 is 0 Å². The SMILES string of the molecule is CSc1cccc(-c2cnc3ccc(NCCO)nn23)c1. The van der Waals surface area contributed by atoms with Crippen LogP contribution in [0.2, 0.25) is 0 Å². The van der Waals surface area contributed by atoms with Gasteiger partial charge in [0.05, 0.1) is 18.5 Å². The van der Waals surface area contributed by atoms with Crippen LogP contribution in [0.3, 0.4) is 0 Å². The minimum atomic E-state index is 0.0757. The molecule has 0 bridgehead atoms. The highest BCUT2D eigenvalue weighted by Gasteiger charge is 2.08. The molecule has 21 heavy (non-hydrogen) atoms. The Bertz CT molecular complexity index is 756. The van der Waals surface area contributed by atoms with Crippen molar-refractivity contribution in [3.05, 3.63) is 42.6 Å². The fourth-order valence-electron chi connectivity index (χ4n) is 2.13. The number of aliphatic hydroxyl groups is 1. The highest BCUT2D eigenvalue weighted by molar-refractivity contribution is 7.98. The zero-order chi connectivity index (χ0) is 14.7. The number of nitrogens with zero attached hydrogens (tertiary/aromatic N) is 3. The van der Waals surface area contributed by atoms with Crippen molar-refractivity contribution in [3.63, 3.8) is 0 Å². The van der Waals surface area contributed by atoms with E-state index in [-0.39, 0.29) is 6.61 Å². The Hall–Kier alpha value is -2.05. The summed E-state index contributed by atoms with van der Waals surface area (Å²) in [5.41, 5.74) is 2.84. The number of hydrogen-bond acceptors (Lipinski definition) is 5. The van der Waals surface area contributed by atoms with Crippen molar-refractivity contribution in [2.45, 2.75) is 4.90 Å². The second-order valence-corrected chi connectivity index (χ2v) is 5.39. The normalized spacial score (nSPS) is 11.0. The molecule has 0 unspecified atom stereocenters. The maximum Gasteiger partial charge on any atom is 0.154 e. The lowest BCUT2D eigenvalue weighted by molar-refractivity contribution is 0.311. The van der Waals surface area contributed by atoms with Gasteiger partial charge in [0.2, 0.25) is 0 Å². The Morgan fingerprint density at radius 1 is 1.29 bits per heavy atom. The van der Waals surface area contributed by atoms with Gasteiger partial charge in [-0.25, -0.2) is 9.50 Å². The van der Waals surface area contributed by atoms with Crippen molar-refractivity contribution in [3.8, 4) is 11.3 Å². The molecule has 3 rings (SSSR count). The van der Waals surface area contributed by atoms with E-state index in [2.05, 4.69) is 39.9 Å². The molecule has 0 atom stereocenters. The molecule has 2 aromatic heterocycles. The smallest absolute Gasteiger partial charge is 0.154 e. The molecular weight excluding hydrogens is 284 g/mol. The number of imidazole rings is 1. The van der Waals surface area contributed by atoms with Gasteiger partial charge in [-0.1, -0.05) is 12.1 Å². The molecule has 0 spiro atoms. The molecule has 1 aromatic carbocycles. The molecule has 2 heterocycles. The average molecular weight is 300 g/mol. The number of rotatable bonds is 5. The lowest BCUT2D eigenvalue weighted by Gasteiger charge is -2.06. The molecule has 3 aromatic rings. The third-order valence-corrected chi connectivity index (χ3v) is 3.87. The van der Waals surface area contributed by atoms with Crippen LogP contribution in [0.25, 0.3) is 16.9 Å². The Morgan fingerprint density at radius 3 is 3.00 bits per heavy atom. The maximum atomic E-state index is 8.88. The topological polar surface area (TPSA) is 62.5 Å². The summed E-state index contributed by atoms with van der Waals surface area (Å²) in [4.78, 5) is 5.59. The second-order valence-electron chi connectivity index (χ2n) is 4.51. The Balaban J connectivity index is 2.05. The van der Waals surface area contributed by atoms with E-state index in [4.69, 9.17) is 5.11 Å². The number of anilines is 1. The van der Waals surface area contributed by atoms with Crippen LogP contribution in [0.4, 0.5) is 5.82 Å². The molecule has 5 nitrogen and oxygen atoms in total. The first-order valence-corrected chi connectivity index (χ1v) is 7.88.